The molecule has 0 saturated carbocycles. The first-order valence-corrected chi connectivity index (χ1v) is 4.14. The number of hydrogen-bond acceptors (Lipinski definition) is 2. The number of rotatable bonds is 3. The van der Waals surface area contributed by atoms with Crippen LogP contribution in [0.4, 0.5) is 0 Å². The second-order valence-corrected chi connectivity index (χ2v) is 2.43. The van der Waals surface area contributed by atoms with Crippen LogP contribution in [0, 0.1) is 0 Å². The van der Waals surface area contributed by atoms with Gasteiger partial charge in [0, 0.05) is 0 Å². The van der Waals surface area contributed by atoms with Crippen LogP contribution in [-0.4, -0.2) is 46.8 Å². The molecule has 0 rings (SSSR count). The van der Waals surface area contributed by atoms with E-state index in [1.54, 1.807) is 0 Å². The van der Waals surface area contributed by atoms with Crippen LogP contribution in [0.2, 0.25) is 4.44 Å². The van der Waals surface area contributed by atoms with Gasteiger partial charge in [0.2, 0.25) is 0 Å². The van der Waals surface area contributed by atoms with Gasteiger partial charge in [-0.3, -0.25) is 0 Å². The molecule has 0 amide bonds. The summed E-state index contributed by atoms with van der Waals surface area (Å²) in [6.07, 6.45) is -0.590. The first kappa shape index (κ1) is 8.23. The molecule has 1 N–H and O–H groups in total. The van der Waals surface area contributed by atoms with Crippen molar-refractivity contribution in [1.29, 1.82) is 0 Å². The molecule has 3 radical (unpaired) electrons. The van der Waals surface area contributed by atoms with Crippen molar-refractivity contribution in [2.75, 3.05) is 7.11 Å². The average molecular weight is 222 g/mol. The Bertz CT molecular complexity index is 79.4. The van der Waals surface area contributed by atoms with E-state index >= 15 is 0 Å². The number of hydrogen-bond donors (Lipinski definition) is 1. The van der Waals surface area contributed by atoms with E-state index in [0.717, 1.165) is 0 Å². The summed E-state index contributed by atoms with van der Waals surface area (Å²) in [5.74, 6) is -0.871. The molecule has 0 aromatic carbocycles. The topological polar surface area (TPSA) is 46.5 Å². The molecule has 0 aromatic rings. The van der Waals surface area contributed by atoms with Gasteiger partial charge in [-0.05, 0) is 0 Å². The van der Waals surface area contributed by atoms with Crippen LogP contribution in [0.15, 0.2) is 0 Å². The van der Waals surface area contributed by atoms with Crippen molar-refractivity contribution in [3.63, 3.8) is 0 Å². The van der Waals surface area contributed by atoms with E-state index in [9.17, 15) is 4.79 Å². The second kappa shape index (κ2) is 4.14. The van der Waals surface area contributed by atoms with E-state index in [-0.39, 0.29) is 0 Å². The van der Waals surface area contributed by atoms with Gasteiger partial charge in [0.1, 0.15) is 0 Å². The third kappa shape index (κ3) is 2.51. The van der Waals surface area contributed by atoms with Gasteiger partial charge < -0.3 is 0 Å². The quantitative estimate of drug-likeness (QED) is 0.665. The molecule has 4 heteroatoms. The van der Waals surface area contributed by atoms with E-state index in [1.807, 2.05) is 0 Å². The van der Waals surface area contributed by atoms with Gasteiger partial charge in [0.25, 0.3) is 0 Å². The van der Waals surface area contributed by atoms with Crippen molar-refractivity contribution in [3.05, 3.63) is 0 Å². The van der Waals surface area contributed by atoms with Crippen molar-refractivity contribution < 1.29 is 14.6 Å². The van der Waals surface area contributed by atoms with E-state index in [1.165, 1.54) is 29.6 Å². The molecule has 1 unspecified atom stereocenters. The fraction of sp³-hybridized carbons (Fsp3) is 0.750. The number of carboxylic acid groups (broad SMARTS) is 1. The minimum absolute atomic E-state index is 0.590. The SMILES string of the molecule is COC([CH2][Sn])C(=O)O. The van der Waals surface area contributed by atoms with Crippen LogP contribution in [-0.2, 0) is 9.53 Å². The summed E-state index contributed by atoms with van der Waals surface area (Å²) in [5.41, 5.74) is 0. The van der Waals surface area contributed by atoms with Crippen molar-refractivity contribution >= 4 is 28.5 Å². The third-order valence-corrected chi connectivity index (χ3v) is 1.80. The Morgan fingerprint density at radius 1 is 2.00 bits per heavy atom. The third-order valence-electron chi connectivity index (χ3n) is 0.745. The predicted octanol–water partition coefficient (Wildman–Crippen LogP) is -0.327. The van der Waals surface area contributed by atoms with Crippen LogP contribution in [0.3, 0.4) is 0 Å². The molecular formula is C4H7O3Sn. The second-order valence-electron chi connectivity index (χ2n) is 1.27. The maximum absolute atomic E-state index is 10.1. The zero-order chi connectivity index (χ0) is 6.57. The summed E-state index contributed by atoms with van der Waals surface area (Å²) < 4.78 is 5.19. The van der Waals surface area contributed by atoms with Gasteiger partial charge in [-0.25, -0.2) is 0 Å². The summed E-state index contributed by atoms with van der Waals surface area (Å²) >= 11 is 1.19. The molecule has 0 heterocycles. The molecule has 45 valence electrons. The molecule has 3 nitrogen and oxygen atoms in total. The van der Waals surface area contributed by atoms with Gasteiger partial charge in [0.05, 0.1) is 0 Å². The maximum atomic E-state index is 10.1. The van der Waals surface area contributed by atoms with E-state index in [4.69, 9.17) is 5.11 Å². The summed E-state index contributed by atoms with van der Waals surface area (Å²) in [6.45, 7) is 0. The molecule has 0 aliphatic heterocycles. The summed E-state index contributed by atoms with van der Waals surface area (Å²) in [5, 5.41) is 8.26. The number of carbonyl (C=O) groups is 1. The molecule has 0 aliphatic carbocycles. The van der Waals surface area contributed by atoms with Crippen molar-refractivity contribution in [2.24, 2.45) is 0 Å². The molecule has 0 saturated heterocycles. The van der Waals surface area contributed by atoms with Gasteiger partial charge in [-0.1, -0.05) is 0 Å². The Hall–Kier alpha value is 0.229. The summed E-state index contributed by atoms with van der Waals surface area (Å²) in [4.78, 5) is 10.1. The number of methoxy groups -OCH3 is 1. The Kier molecular flexibility index (Phi) is 4.26. The Morgan fingerprint density at radius 3 is 2.50 bits per heavy atom. The van der Waals surface area contributed by atoms with Gasteiger partial charge in [0.15, 0.2) is 0 Å². The fourth-order valence-electron chi connectivity index (χ4n) is 0.271. The predicted molar refractivity (Wildman–Crippen MR) is 29.0 cm³/mol. The van der Waals surface area contributed by atoms with Crippen LogP contribution >= 0.6 is 0 Å². The monoisotopic (exact) mass is 223 g/mol. The molecular weight excluding hydrogens is 215 g/mol. The zero-order valence-electron chi connectivity index (χ0n) is 4.55. The first-order valence-electron chi connectivity index (χ1n) is 2.12. The van der Waals surface area contributed by atoms with Crippen LogP contribution in [0.5, 0.6) is 0 Å². The van der Waals surface area contributed by atoms with Gasteiger partial charge in [-0.2, -0.15) is 0 Å². The summed E-state index contributed by atoms with van der Waals surface area (Å²) in [7, 11) is 1.41. The fourth-order valence-corrected chi connectivity index (χ4v) is 1.25. The van der Waals surface area contributed by atoms with Crippen molar-refractivity contribution in [2.45, 2.75) is 10.5 Å². The normalized spacial score (nSPS) is 13.2. The van der Waals surface area contributed by atoms with Crippen molar-refractivity contribution in [1.82, 2.24) is 0 Å². The zero-order valence-corrected chi connectivity index (χ0v) is 7.40. The van der Waals surface area contributed by atoms with Crippen LogP contribution in [0.25, 0.3) is 0 Å². The molecule has 0 fully saturated rings. The summed E-state index contributed by atoms with van der Waals surface area (Å²) in [6, 6.07) is 0. The van der Waals surface area contributed by atoms with E-state index in [0.29, 0.717) is 4.44 Å². The molecule has 0 bridgehead atoms. The van der Waals surface area contributed by atoms with Crippen molar-refractivity contribution in [3.8, 4) is 0 Å². The molecule has 0 spiro atoms. The first-order chi connectivity index (χ1) is 3.72. The molecule has 8 heavy (non-hydrogen) atoms. The van der Waals surface area contributed by atoms with Gasteiger partial charge >= 0.3 is 60.8 Å². The van der Waals surface area contributed by atoms with E-state index in [2.05, 4.69) is 4.74 Å². The van der Waals surface area contributed by atoms with Crippen LogP contribution < -0.4 is 0 Å². The van der Waals surface area contributed by atoms with Gasteiger partial charge in [-0.15, -0.1) is 0 Å². The Labute approximate surface area is 61.1 Å². The van der Waals surface area contributed by atoms with Crippen LogP contribution in [0.1, 0.15) is 0 Å². The molecule has 0 aromatic heterocycles. The van der Waals surface area contributed by atoms with E-state index < -0.39 is 12.1 Å². The average Bonchev–Trinajstić information content (AvgIpc) is 1.69. The number of aliphatic carboxylic acids is 1. The Balaban J connectivity index is 3.52. The Morgan fingerprint density at radius 2 is 2.50 bits per heavy atom. The molecule has 1 atom stereocenters. The number of carboxylic acids is 1. The molecule has 0 aliphatic rings. The standard InChI is InChI=1S/C4H7O3.Sn/c1-3(7-2)4(5)6;/h3H,1H2,2H3,(H,5,6);. The number of ether oxygens (including phenoxy) is 1. The minimum atomic E-state index is -0.871.